The van der Waals surface area contributed by atoms with E-state index >= 15 is 0 Å². The van der Waals surface area contributed by atoms with Crippen molar-refractivity contribution in [2.45, 2.75) is 38.5 Å². The van der Waals surface area contributed by atoms with Gasteiger partial charge in [0.25, 0.3) is 0 Å². The smallest absolute Gasteiger partial charge is 0.247 e. The molecule has 2 aromatic carbocycles. The number of nitrogens with one attached hydrogen (secondary N) is 1. The summed E-state index contributed by atoms with van der Waals surface area (Å²) in [5.74, 6) is 0.193. The number of hydrogen-bond donors (Lipinski definition) is 1. The third kappa shape index (κ3) is 7.16. The first kappa shape index (κ1) is 25.9. The van der Waals surface area contributed by atoms with Crippen LogP contribution in [-0.4, -0.2) is 41.4 Å². The maximum atomic E-state index is 13.6. The summed E-state index contributed by atoms with van der Waals surface area (Å²) in [5.41, 5.74) is 2.25. The van der Waals surface area contributed by atoms with Gasteiger partial charge in [-0.25, -0.2) is 4.39 Å². The second-order valence-corrected chi connectivity index (χ2v) is 8.79. The summed E-state index contributed by atoms with van der Waals surface area (Å²) in [7, 11) is 1.56. The third-order valence-electron chi connectivity index (χ3n) is 6.13. The van der Waals surface area contributed by atoms with Gasteiger partial charge in [0.05, 0.1) is 7.11 Å². The van der Waals surface area contributed by atoms with Gasteiger partial charge in [0.1, 0.15) is 18.5 Å². The first-order valence-electron chi connectivity index (χ1n) is 12.2. The third-order valence-corrected chi connectivity index (χ3v) is 6.13. The van der Waals surface area contributed by atoms with E-state index in [-0.39, 0.29) is 24.2 Å². The van der Waals surface area contributed by atoms with Crippen molar-refractivity contribution >= 4 is 17.9 Å². The molecule has 192 valence electrons. The molecule has 0 saturated carbocycles. The highest BCUT2D eigenvalue weighted by atomic mass is 19.1. The highest BCUT2D eigenvalue weighted by Crippen LogP contribution is 2.30. The number of rotatable bonds is 9. The average molecular weight is 504 g/mol. The first-order chi connectivity index (χ1) is 18.0. The molecule has 1 fully saturated rings. The van der Waals surface area contributed by atoms with Crippen LogP contribution in [-0.2, 0) is 22.7 Å². The van der Waals surface area contributed by atoms with Gasteiger partial charge in [-0.3, -0.25) is 14.6 Å². The van der Waals surface area contributed by atoms with Gasteiger partial charge < -0.3 is 19.7 Å². The van der Waals surface area contributed by atoms with Crippen LogP contribution in [0.3, 0.4) is 0 Å². The van der Waals surface area contributed by atoms with Crippen molar-refractivity contribution in [2.24, 2.45) is 0 Å². The van der Waals surface area contributed by atoms with Crippen molar-refractivity contribution in [1.29, 1.82) is 0 Å². The van der Waals surface area contributed by atoms with Gasteiger partial charge in [-0.1, -0.05) is 24.3 Å². The van der Waals surface area contributed by atoms with Crippen LogP contribution in [0.1, 0.15) is 36.0 Å². The minimum absolute atomic E-state index is 0.174. The molecule has 0 radical (unpaired) electrons. The molecule has 2 heterocycles. The zero-order chi connectivity index (χ0) is 26.0. The Hall–Kier alpha value is -4.20. The molecule has 8 heteroatoms. The number of benzene rings is 2. The van der Waals surface area contributed by atoms with Crippen LogP contribution < -0.4 is 14.8 Å². The molecular weight excluding hydrogens is 473 g/mol. The number of carbonyl (C=O) groups excluding carboxylic acids is 2. The number of ether oxygens (including phenoxy) is 2. The second kappa shape index (κ2) is 12.7. The summed E-state index contributed by atoms with van der Waals surface area (Å²) >= 11 is 0. The van der Waals surface area contributed by atoms with Gasteiger partial charge in [0, 0.05) is 37.1 Å². The van der Waals surface area contributed by atoms with Gasteiger partial charge in [-0.15, -0.1) is 0 Å². The zero-order valence-electron chi connectivity index (χ0n) is 20.7. The first-order valence-corrected chi connectivity index (χ1v) is 12.2. The van der Waals surface area contributed by atoms with E-state index in [9.17, 15) is 14.0 Å². The van der Waals surface area contributed by atoms with Crippen molar-refractivity contribution in [2.75, 3.05) is 13.7 Å². The predicted molar refractivity (Wildman–Crippen MR) is 138 cm³/mol. The Morgan fingerprint density at radius 2 is 2.03 bits per heavy atom. The lowest BCUT2D eigenvalue weighted by Gasteiger charge is -2.29. The van der Waals surface area contributed by atoms with Crippen molar-refractivity contribution in [3.05, 3.63) is 95.6 Å². The van der Waals surface area contributed by atoms with E-state index in [4.69, 9.17) is 9.47 Å². The minimum Gasteiger partial charge on any atom is -0.493 e. The standard InChI is InChI=1S/C29H30FN3O4/c1-36-26-12-10-22(17-27(26)37-20-23-7-5-14-31-18-23)19-33(25-9-2-3-15-32-29(25)35)28(34)13-11-21-6-4-8-24(30)16-21/h4-8,10-14,16-18,25H,2-3,9,15,19-20H2,1H3,(H,32,35)/t25-/m0/s1. The van der Waals surface area contributed by atoms with Crippen LogP contribution in [0, 0.1) is 5.82 Å². The van der Waals surface area contributed by atoms with Gasteiger partial charge in [-0.2, -0.15) is 0 Å². The molecule has 7 nitrogen and oxygen atoms in total. The lowest BCUT2D eigenvalue weighted by atomic mass is 10.1. The van der Waals surface area contributed by atoms with Crippen LogP contribution in [0.2, 0.25) is 0 Å². The molecule has 0 spiro atoms. The van der Waals surface area contributed by atoms with Crippen LogP contribution in [0.15, 0.2) is 73.1 Å². The molecule has 1 atom stereocenters. The lowest BCUT2D eigenvalue weighted by Crippen LogP contribution is -2.47. The Bertz CT molecular complexity index is 1250. The fourth-order valence-corrected chi connectivity index (χ4v) is 4.21. The van der Waals surface area contributed by atoms with Crippen molar-refractivity contribution in [3.8, 4) is 11.5 Å². The van der Waals surface area contributed by atoms with E-state index in [0.29, 0.717) is 36.6 Å². The molecular formula is C29H30FN3O4. The van der Waals surface area contributed by atoms with Crippen LogP contribution >= 0.6 is 0 Å². The second-order valence-electron chi connectivity index (χ2n) is 8.79. The molecule has 0 unspecified atom stereocenters. The number of halogens is 1. The fourth-order valence-electron chi connectivity index (χ4n) is 4.21. The fraction of sp³-hybridized carbons (Fsp3) is 0.276. The quantitative estimate of drug-likeness (QED) is 0.435. The predicted octanol–water partition coefficient (Wildman–Crippen LogP) is 4.52. The van der Waals surface area contributed by atoms with E-state index in [1.54, 1.807) is 48.7 Å². The summed E-state index contributed by atoms with van der Waals surface area (Å²) in [6.45, 7) is 1.08. The van der Waals surface area contributed by atoms with Gasteiger partial charge in [0.15, 0.2) is 11.5 Å². The number of nitrogens with zero attached hydrogens (tertiary/aromatic N) is 2. The van der Waals surface area contributed by atoms with Crippen LogP contribution in [0.25, 0.3) is 6.08 Å². The van der Waals surface area contributed by atoms with Crippen LogP contribution in [0.4, 0.5) is 4.39 Å². The minimum atomic E-state index is -0.617. The Labute approximate surface area is 215 Å². The highest BCUT2D eigenvalue weighted by Gasteiger charge is 2.30. The van der Waals surface area contributed by atoms with Gasteiger partial charge in [0.2, 0.25) is 11.8 Å². The number of methoxy groups -OCH3 is 1. The Kier molecular flexibility index (Phi) is 8.86. The molecule has 4 rings (SSSR count). The number of pyridine rings is 1. The summed E-state index contributed by atoms with van der Waals surface area (Å²) in [6, 6.07) is 14.6. The lowest BCUT2D eigenvalue weighted by molar-refractivity contribution is -0.137. The number of hydrogen-bond acceptors (Lipinski definition) is 5. The molecule has 1 aromatic heterocycles. The van der Waals surface area contributed by atoms with E-state index in [0.717, 1.165) is 24.0 Å². The Morgan fingerprint density at radius 3 is 2.81 bits per heavy atom. The van der Waals surface area contributed by atoms with E-state index in [1.807, 2.05) is 24.3 Å². The monoisotopic (exact) mass is 503 g/mol. The van der Waals surface area contributed by atoms with E-state index in [1.165, 1.54) is 18.2 Å². The zero-order valence-corrected chi connectivity index (χ0v) is 20.7. The van der Waals surface area contributed by atoms with Gasteiger partial charge >= 0.3 is 0 Å². The molecule has 1 saturated heterocycles. The summed E-state index contributed by atoms with van der Waals surface area (Å²) in [5, 5.41) is 2.91. The van der Waals surface area contributed by atoms with Crippen molar-refractivity contribution in [3.63, 3.8) is 0 Å². The summed E-state index contributed by atoms with van der Waals surface area (Å²) < 4.78 is 25.1. The Morgan fingerprint density at radius 1 is 1.14 bits per heavy atom. The topological polar surface area (TPSA) is 80.8 Å². The van der Waals surface area contributed by atoms with Crippen molar-refractivity contribution in [1.82, 2.24) is 15.2 Å². The molecule has 1 aliphatic rings. The SMILES string of the molecule is COc1ccc(CN(C(=O)C=Cc2cccc(F)c2)[C@H]2CCCCNC2=O)cc1OCc1cccnc1. The molecule has 1 N–H and O–H groups in total. The van der Waals surface area contributed by atoms with E-state index < -0.39 is 6.04 Å². The molecule has 0 bridgehead atoms. The number of aromatic nitrogens is 1. The van der Waals surface area contributed by atoms with Crippen molar-refractivity contribution < 1.29 is 23.5 Å². The van der Waals surface area contributed by atoms with E-state index in [2.05, 4.69) is 10.3 Å². The number of carbonyl (C=O) groups is 2. The number of amides is 2. The Balaban J connectivity index is 1.58. The maximum Gasteiger partial charge on any atom is 0.247 e. The average Bonchev–Trinajstić information content (AvgIpc) is 3.14. The van der Waals surface area contributed by atoms with Gasteiger partial charge in [-0.05, 0) is 66.8 Å². The molecule has 0 aliphatic carbocycles. The molecule has 2 amide bonds. The summed E-state index contributed by atoms with van der Waals surface area (Å²) in [6.07, 6.45) is 8.61. The maximum absolute atomic E-state index is 13.6. The highest BCUT2D eigenvalue weighted by molar-refractivity contribution is 5.95. The molecule has 3 aromatic rings. The molecule has 37 heavy (non-hydrogen) atoms. The van der Waals surface area contributed by atoms with Crippen LogP contribution in [0.5, 0.6) is 11.5 Å². The largest absolute Gasteiger partial charge is 0.493 e. The molecule has 1 aliphatic heterocycles. The normalized spacial score (nSPS) is 15.6. The summed E-state index contributed by atoms with van der Waals surface area (Å²) in [4.78, 5) is 31.9.